The van der Waals surface area contributed by atoms with Crippen LogP contribution in [0.15, 0.2) is 65.8 Å². The maximum absolute atomic E-state index is 14.7. The van der Waals surface area contributed by atoms with Crippen LogP contribution in [0.1, 0.15) is 0 Å². The zero-order chi connectivity index (χ0) is 26.3. The summed E-state index contributed by atoms with van der Waals surface area (Å²) in [6.07, 6.45) is 6.54. The second-order valence-electron chi connectivity index (χ2n) is 9.30. The Labute approximate surface area is 221 Å². The second kappa shape index (κ2) is 9.44. The van der Waals surface area contributed by atoms with Gasteiger partial charge in [-0.1, -0.05) is 6.07 Å². The minimum Gasteiger partial charge on any atom is -0.445 e. The summed E-state index contributed by atoms with van der Waals surface area (Å²) in [5.74, 6) is 0.925. The smallest absolute Gasteiger partial charge is 0.225 e. The highest BCUT2D eigenvalue weighted by atomic mass is 19.1. The third kappa shape index (κ3) is 4.22. The molecule has 0 atom stereocenters. The lowest BCUT2D eigenvalue weighted by Gasteiger charge is -2.36. The molecule has 1 aliphatic heterocycles. The summed E-state index contributed by atoms with van der Waals surface area (Å²) in [5, 5.41) is 4.48. The van der Waals surface area contributed by atoms with Gasteiger partial charge in [0.05, 0.1) is 18.2 Å². The van der Waals surface area contributed by atoms with E-state index in [9.17, 15) is 4.39 Å². The van der Waals surface area contributed by atoms with E-state index in [4.69, 9.17) is 10.2 Å². The summed E-state index contributed by atoms with van der Waals surface area (Å²) >= 11 is 0. The molecule has 196 valence electrons. The molecule has 1 saturated heterocycles. The van der Waals surface area contributed by atoms with E-state index in [1.165, 1.54) is 16.8 Å². The highest BCUT2D eigenvalue weighted by Gasteiger charge is 2.22. The fraction of sp³-hybridized carbons (Fsp3) is 0.231. The van der Waals surface area contributed by atoms with Crippen LogP contribution < -0.4 is 10.6 Å². The first-order valence-corrected chi connectivity index (χ1v) is 12.6. The molecule has 0 spiro atoms. The second-order valence-corrected chi connectivity index (χ2v) is 9.30. The Hall–Kier alpha value is -4.91. The number of halogens is 1. The van der Waals surface area contributed by atoms with E-state index in [0.717, 1.165) is 25.2 Å². The molecule has 6 aromatic rings. The van der Waals surface area contributed by atoms with Crippen molar-refractivity contribution in [2.45, 2.75) is 6.54 Å². The maximum atomic E-state index is 14.7. The Bertz CT molecular complexity index is 1760. The fourth-order valence-corrected chi connectivity index (χ4v) is 4.91. The van der Waals surface area contributed by atoms with E-state index in [1.807, 2.05) is 22.8 Å². The topological polar surface area (TPSA) is 132 Å². The average molecular weight is 526 g/mol. The fourth-order valence-electron chi connectivity index (χ4n) is 4.91. The van der Waals surface area contributed by atoms with Gasteiger partial charge in [-0.2, -0.15) is 9.50 Å². The van der Waals surface area contributed by atoms with Gasteiger partial charge in [0.25, 0.3) is 0 Å². The number of hydrogen-bond acceptors (Lipinski definition) is 10. The lowest BCUT2D eigenvalue weighted by atomic mass is 10.1. The third-order valence-electron chi connectivity index (χ3n) is 6.96. The molecular formula is C26H24FN11O. The van der Waals surface area contributed by atoms with Gasteiger partial charge in [0.2, 0.25) is 17.7 Å². The van der Waals surface area contributed by atoms with E-state index < -0.39 is 0 Å². The van der Waals surface area contributed by atoms with Crippen molar-refractivity contribution in [1.82, 2.24) is 44.0 Å². The van der Waals surface area contributed by atoms with Crippen LogP contribution in [0.2, 0.25) is 0 Å². The number of hydrogen-bond donors (Lipinski definition) is 1. The number of anilines is 2. The molecule has 0 radical (unpaired) electrons. The van der Waals surface area contributed by atoms with Crippen molar-refractivity contribution >= 4 is 28.4 Å². The van der Waals surface area contributed by atoms with Crippen molar-refractivity contribution in [1.29, 1.82) is 0 Å². The first-order valence-electron chi connectivity index (χ1n) is 12.6. The molecule has 1 fully saturated rings. The van der Waals surface area contributed by atoms with Gasteiger partial charge >= 0.3 is 0 Å². The number of nitrogens with zero attached hydrogens (tertiary/aromatic N) is 10. The van der Waals surface area contributed by atoms with E-state index in [1.54, 1.807) is 30.9 Å². The number of oxazole rings is 1. The Balaban J connectivity index is 1.05. The molecule has 13 heteroatoms. The Morgan fingerprint density at radius 3 is 2.62 bits per heavy atom. The number of aromatic nitrogens is 8. The summed E-state index contributed by atoms with van der Waals surface area (Å²) in [6, 6.07) is 10.5. The molecule has 0 bridgehead atoms. The van der Waals surface area contributed by atoms with E-state index in [0.29, 0.717) is 59.5 Å². The zero-order valence-electron chi connectivity index (χ0n) is 20.9. The molecule has 7 rings (SSSR count). The summed E-state index contributed by atoms with van der Waals surface area (Å²) in [5.41, 5.74) is 10.0. The number of benzene rings is 1. The molecule has 5 aromatic heterocycles. The monoisotopic (exact) mass is 525 g/mol. The van der Waals surface area contributed by atoms with Crippen molar-refractivity contribution in [3.63, 3.8) is 0 Å². The number of nitrogen functional groups attached to an aromatic ring is 1. The van der Waals surface area contributed by atoms with Crippen LogP contribution >= 0.6 is 0 Å². The number of imidazole rings is 1. The molecule has 0 amide bonds. The highest BCUT2D eigenvalue weighted by molar-refractivity contribution is 5.87. The number of rotatable bonds is 6. The van der Waals surface area contributed by atoms with Gasteiger partial charge in [0.1, 0.15) is 17.8 Å². The first kappa shape index (κ1) is 23.2. The molecule has 1 aliphatic rings. The predicted molar refractivity (Wildman–Crippen MR) is 142 cm³/mol. The van der Waals surface area contributed by atoms with Gasteiger partial charge in [-0.05, 0) is 30.3 Å². The van der Waals surface area contributed by atoms with Crippen LogP contribution in [0.3, 0.4) is 0 Å². The number of piperazine rings is 1. The van der Waals surface area contributed by atoms with Crippen molar-refractivity contribution in [3.8, 4) is 23.0 Å². The maximum Gasteiger partial charge on any atom is 0.225 e. The minimum absolute atomic E-state index is 0.233. The number of pyridine rings is 1. The third-order valence-corrected chi connectivity index (χ3v) is 6.96. The Morgan fingerprint density at radius 1 is 0.923 bits per heavy atom. The van der Waals surface area contributed by atoms with E-state index in [2.05, 4.69) is 39.8 Å². The molecule has 0 unspecified atom stereocenters. The molecule has 0 saturated carbocycles. The molecular weight excluding hydrogens is 501 g/mol. The van der Waals surface area contributed by atoms with E-state index in [-0.39, 0.29) is 11.8 Å². The first-order chi connectivity index (χ1) is 19.1. The van der Waals surface area contributed by atoms with Crippen molar-refractivity contribution < 1.29 is 8.81 Å². The zero-order valence-corrected chi connectivity index (χ0v) is 20.9. The summed E-state index contributed by atoms with van der Waals surface area (Å²) < 4.78 is 23.5. The van der Waals surface area contributed by atoms with Crippen molar-refractivity contribution in [2.75, 3.05) is 43.4 Å². The van der Waals surface area contributed by atoms with Gasteiger partial charge in [0.15, 0.2) is 16.8 Å². The molecule has 12 nitrogen and oxygen atoms in total. The molecule has 1 aromatic carbocycles. The lowest BCUT2D eigenvalue weighted by Crippen LogP contribution is -2.47. The van der Waals surface area contributed by atoms with Crippen molar-refractivity contribution in [2.24, 2.45) is 0 Å². The quantitative estimate of drug-likeness (QED) is 0.346. The van der Waals surface area contributed by atoms with Crippen LogP contribution in [0.25, 0.3) is 39.8 Å². The van der Waals surface area contributed by atoms with Crippen molar-refractivity contribution in [3.05, 3.63) is 67.2 Å². The number of nitrogens with two attached hydrogens (primary N) is 1. The van der Waals surface area contributed by atoms with Crippen LogP contribution in [0, 0.1) is 5.82 Å². The SMILES string of the molecule is Nc1nc2c(ncn2CCN2CCN(c3cc(-c4ncco4)ccc3F)CC2)c2nc(-c3ccccn3)nn12. The number of fused-ring (bicyclic) bond motifs is 3. The summed E-state index contributed by atoms with van der Waals surface area (Å²) in [7, 11) is 0. The van der Waals surface area contributed by atoms with Gasteiger partial charge in [-0.25, -0.2) is 19.3 Å². The summed E-state index contributed by atoms with van der Waals surface area (Å²) in [4.78, 5) is 26.7. The van der Waals surface area contributed by atoms with Crippen LogP contribution in [0.4, 0.5) is 16.0 Å². The van der Waals surface area contributed by atoms with Crippen LogP contribution in [-0.4, -0.2) is 76.7 Å². The summed E-state index contributed by atoms with van der Waals surface area (Å²) in [6.45, 7) is 4.47. The standard InChI is InChI=1S/C26H24FN11O/c27-18-5-4-17(25-30-7-14-39-25)15-20(18)36-11-8-35(9-12-36)10-13-37-16-31-21-23(37)33-26(28)38-24(21)32-22(34-38)19-3-1-2-6-29-19/h1-7,14-16H,8-13H2,(H2,28,33). The largest absolute Gasteiger partial charge is 0.445 e. The highest BCUT2D eigenvalue weighted by Crippen LogP contribution is 2.28. The normalized spacial score (nSPS) is 14.5. The van der Waals surface area contributed by atoms with Gasteiger partial charge < -0.3 is 19.6 Å². The molecule has 6 heterocycles. The van der Waals surface area contributed by atoms with Crippen LogP contribution in [0.5, 0.6) is 0 Å². The van der Waals surface area contributed by atoms with Gasteiger partial charge in [0, 0.05) is 51.0 Å². The van der Waals surface area contributed by atoms with Crippen LogP contribution in [-0.2, 0) is 6.54 Å². The van der Waals surface area contributed by atoms with Gasteiger partial charge in [-0.15, -0.1) is 5.10 Å². The minimum atomic E-state index is -0.252. The molecule has 39 heavy (non-hydrogen) atoms. The lowest BCUT2D eigenvalue weighted by molar-refractivity contribution is 0.248. The Morgan fingerprint density at radius 2 is 1.82 bits per heavy atom. The van der Waals surface area contributed by atoms with E-state index >= 15 is 0 Å². The Kier molecular flexibility index (Phi) is 5.62. The molecule has 0 aliphatic carbocycles. The average Bonchev–Trinajstić information content (AvgIpc) is 3.74. The van der Waals surface area contributed by atoms with Gasteiger partial charge in [-0.3, -0.25) is 9.88 Å². The molecule has 2 N–H and O–H groups in total. The predicted octanol–water partition coefficient (Wildman–Crippen LogP) is 2.73.